The molecule has 1 aromatic carbocycles. The van der Waals surface area contributed by atoms with Crippen LogP contribution in [0.25, 0.3) is 0 Å². The number of carbonyl (C=O) groups excluding carboxylic acids is 1. The summed E-state index contributed by atoms with van der Waals surface area (Å²) >= 11 is 1.45. The highest BCUT2D eigenvalue weighted by Gasteiger charge is 2.19. The number of benzene rings is 1. The number of alkyl carbamates (subject to hydrolysis) is 1. The first-order valence-electron chi connectivity index (χ1n) is 10.3. The number of nitrogens with zero attached hydrogens (tertiary/aromatic N) is 1. The van der Waals surface area contributed by atoms with E-state index in [4.69, 9.17) is 4.74 Å². The van der Waals surface area contributed by atoms with Crippen molar-refractivity contribution in [3.8, 4) is 0 Å². The number of carbonyl (C=O) groups is 1. The highest BCUT2D eigenvalue weighted by Crippen LogP contribution is 2.28. The van der Waals surface area contributed by atoms with Crippen LogP contribution in [0.5, 0.6) is 0 Å². The predicted molar refractivity (Wildman–Crippen MR) is 135 cm³/mol. The molecule has 0 bridgehead atoms. The van der Waals surface area contributed by atoms with Crippen LogP contribution in [0.3, 0.4) is 0 Å². The highest BCUT2D eigenvalue weighted by atomic mass is 32.2. The third-order valence-corrected chi connectivity index (χ3v) is 5.23. The molecule has 1 atom stereocenters. The average Bonchev–Trinajstić information content (AvgIpc) is 2.73. The minimum absolute atomic E-state index is 0.0194. The van der Waals surface area contributed by atoms with Gasteiger partial charge in [0.15, 0.2) is 0 Å². The molecular formula is C25H35N3O3S. The molecule has 3 N–H and O–H groups in total. The number of aliphatic hydroxyl groups is 1. The number of aliphatic imine (C=N–C) groups is 1. The van der Waals surface area contributed by atoms with Crippen LogP contribution in [-0.4, -0.2) is 30.1 Å². The van der Waals surface area contributed by atoms with E-state index in [0.29, 0.717) is 6.54 Å². The van der Waals surface area contributed by atoms with E-state index >= 15 is 0 Å². The van der Waals surface area contributed by atoms with Crippen molar-refractivity contribution in [1.82, 2.24) is 10.0 Å². The number of rotatable bonds is 11. The molecule has 1 amide bonds. The summed E-state index contributed by atoms with van der Waals surface area (Å²) in [6.07, 6.45) is 6.77. The number of ether oxygens (including phenoxy) is 1. The van der Waals surface area contributed by atoms with Crippen LogP contribution >= 0.6 is 11.9 Å². The van der Waals surface area contributed by atoms with Gasteiger partial charge in [-0.15, -0.1) is 0 Å². The lowest BCUT2D eigenvalue weighted by Crippen LogP contribution is -2.34. The second-order valence-corrected chi connectivity index (χ2v) is 9.26. The highest BCUT2D eigenvalue weighted by molar-refractivity contribution is 7.97. The topological polar surface area (TPSA) is 83.0 Å². The summed E-state index contributed by atoms with van der Waals surface area (Å²) in [7, 11) is 0. The van der Waals surface area contributed by atoms with E-state index in [2.05, 4.69) is 28.3 Å². The maximum absolute atomic E-state index is 12.2. The summed E-state index contributed by atoms with van der Waals surface area (Å²) < 4.78 is 8.69. The van der Waals surface area contributed by atoms with Crippen LogP contribution in [0.4, 0.5) is 4.79 Å². The molecule has 0 aliphatic rings. The first-order chi connectivity index (χ1) is 15.1. The molecule has 0 heterocycles. The smallest absolute Gasteiger partial charge is 0.407 e. The van der Waals surface area contributed by atoms with Crippen LogP contribution in [0.2, 0.25) is 0 Å². The summed E-state index contributed by atoms with van der Waals surface area (Å²) in [5.74, 6) is 0. The molecule has 0 aromatic heterocycles. The lowest BCUT2D eigenvalue weighted by atomic mass is 10.1. The van der Waals surface area contributed by atoms with Crippen molar-refractivity contribution in [1.29, 1.82) is 0 Å². The monoisotopic (exact) mass is 457 g/mol. The van der Waals surface area contributed by atoms with Crippen LogP contribution in [0.15, 0.2) is 77.1 Å². The summed E-state index contributed by atoms with van der Waals surface area (Å²) in [4.78, 5) is 15.9. The zero-order chi connectivity index (χ0) is 24.1. The normalized spacial score (nSPS) is 12.8. The van der Waals surface area contributed by atoms with Crippen LogP contribution in [0.1, 0.15) is 51.0 Å². The molecule has 0 radical (unpaired) electrons. The molecular weight excluding hydrogens is 422 g/mol. The molecule has 1 rings (SSSR count). The Morgan fingerprint density at radius 2 is 1.94 bits per heavy atom. The van der Waals surface area contributed by atoms with E-state index in [1.54, 1.807) is 12.3 Å². The van der Waals surface area contributed by atoms with Gasteiger partial charge in [-0.1, -0.05) is 36.4 Å². The van der Waals surface area contributed by atoms with Crippen molar-refractivity contribution < 1.29 is 14.6 Å². The first kappa shape index (κ1) is 27.3. The van der Waals surface area contributed by atoms with Gasteiger partial charge in [-0.3, -0.25) is 4.99 Å². The fourth-order valence-corrected chi connectivity index (χ4v) is 3.36. The maximum atomic E-state index is 12.2. The van der Waals surface area contributed by atoms with Gasteiger partial charge < -0.3 is 19.9 Å². The standard InChI is InChI=1S/C25H35N3O3S/c1-8-22(15-21(18(2)3)13-14-26-7)28-32-23(16-27-24(30)31-25(4,5)6)20-11-9-19(17-29)10-12-20/h8-15,23,28-29H,1,7,16-17H2,2-6H3,(H,27,30)/b14-13-,22-15+. The number of hydrogen-bond donors (Lipinski definition) is 3. The minimum atomic E-state index is -0.568. The van der Waals surface area contributed by atoms with Gasteiger partial charge in [-0.2, -0.15) is 0 Å². The fraction of sp³-hybridized carbons (Fsp3) is 0.360. The average molecular weight is 458 g/mol. The number of amides is 1. The third kappa shape index (κ3) is 10.5. The number of allylic oxidation sites excluding steroid dienone is 5. The molecule has 0 spiro atoms. The van der Waals surface area contributed by atoms with Crippen molar-refractivity contribution in [3.63, 3.8) is 0 Å². The lowest BCUT2D eigenvalue weighted by molar-refractivity contribution is 0.0528. The molecule has 174 valence electrons. The zero-order valence-corrected chi connectivity index (χ0v) is 20.5. The van der Waals surface area contributed by atoms with E-state index in [9.17, 15) is 9.90 Å². The summed E-state index contributed by atoms with van der Waals surface area (Å²) in [5.41, 5.74) is 4.19. The summed E-state index contributed by atoms with van der Waals surface area (Å²) in [6, 6.07) is 7.63. The molecule has 6 nitrogen and oxygen atoms in total. The first-order valence-corrected chi connectivity index (χ1v) is 11.2. The Morgan fingerprint density at radius 1 is 1.28 bits per heavy atom. The fourth-order valence-electron chi connectivity index (χ4n) is 2.48. The maximum Gasteiger partial charge on any atom is 0.407 e. The van der Waals surface area contributed by atoms with E-state index < -0.39 is 11.7 Å². The Kier molecular flexibility index (Phi) is 11.6. The Labute approximate surface area is 196 Å². The minimum Gasteiger partial charge on any atom is -0.444 e. The van der Waals surface area contributed by atoms with Crippen molar-refractivity contribution in [3.05, 3.63) is 83.2 Å². The molecule has 0 aliphatic carbocycles. The van der Waals surface area contributed by atoms with Crippen LogP contribution < -0.4 is 10.0 Å². The van der Waals surface area contributed by atoms with Gasteiger partial charge in [0.1, 0.15) is 5.60 Å². The van der Waals surface area contributed by atoms with Gasteiger partial charge in [0.2, 0.25) is 0 Å². The zero-order valence-electron chi connectivity index (χ0n) is 19.6. The Bertz CT molecular complexity index is 861. The summed E-state index contributed by atoms with van der Waals surface area (Å²) in [6.45, 7) is 17.2. The third-order valence-electron chi connectivity index (χ3n) is 4.15. The van der Waals surface area contributed by atoms with Crippen molar-refractivity contribution in [2.24, 2.45) is 4.99 Å². The van der Waals surface area contributed by atoms with E-state index in [-0.39, 0.29) is 11.9 Å². The molecule has 1 aromatic rings. The summed E-state index contributed by atoms with van der Waals surface area (Å²) in [5, 5.41) is 12.0. The van der Waals surface area contributed by atoms with E-state index in [1.807, 2.05) is 71.0 Å². The predicted octanol–water partition coefficient (Wildman–Crippen LogP) is 5.60. The quantitative estimate of drug-likeness (QED) is 0.229. The number of aliphatic hydroxyl groups excluding tert-OH is 1. The largest absolute Gasteiger partial charge is 0.444 e. The second-order valence-electron chi connectivity index (χ2n) is 8.25. The van der Waals surface area contributed by atoms with Crippen molar-refractivity contribution in [2.75, 3.05) is 6.54 Å². The van der Waals surface area contributed by atoms with Crippen LogP contribution in [0, 0.1) is 0 Å². The van der Waals surface area contributed by atoms with Gasteiger partial charge in [0.25, 0.3) is 0 Å². The van der Waals surface area contributed by atoms with Gasteiger partial charge >= 0.3 is 6.09 Å². The van der Waals surface area contributed by atoms with Crippen LogP contribution in [-0.2, 0) is 11.3 Å². The van der Waals surface area contributed by atoms with Gasteiger partial charge in [-0.05, 0) is 88.2 Å². The van der Waals surface area contributed by atoms with Gasteiger partial charge in [0.05, 0.1) is 11.9 Å². The molecule has 1 unspecified atom stereocenters. The van der Waals surface area contributed by atoms with E-state index in [1.165, 1.54) is 11.9 Å². The Hall–Kier alpha value is -2.77. The van der Waals surface area contributed by atoms with Gasteiger partial charge in [0, 0.05) is 18.4 Å². The molecule has 0 saturated heterocycles. The number of hydrogen-bond acceptors (Lipinski definition) is 6. The molecule has 0 aliphatic heterocycles. The molecule has 0 fully saturated rings. The van der Waals surface area contributed by atoms with Gasteiger partial charge in [-0.25, -0.2) is 4.79 Å². The number of nitrogens with one attached hydrogen (secondary N) is 2. The second kappa shape index (κ2) is 13.6. The van der Waals surface area contributed by atoms with Crippen molar-refractivity contribution >= 4 is 24.8 Å². The lowest BCUT2D eigenvalue weighted by Gasteiger charge is -2.22. The Balaban J connectivity index is 3.02. The van der Waals surface area contributed by atoms with Crippen molar-refractivity contribution in [2.45, 2.75) is 52.1 Å². The SMILES string of the molecule is C=C/C(=C\C(/C=C\N=C)=C(C)C)NSC(CNC(=O)OC(C)(C)C)c1ccc(CO)cc1. The molecule has 0 saturated carbocycles. The Morgan fingerprint density at radius 3 is 2.44 bits per heavy atom. The van der Waals surface area contributed by atoms with E-state index in [0.717, 1.165) is 28.0 Å². The molecule has 32 heavy (non-hydrogen) atoms. The molecule has 7 heteroatoms.